The van der Waals surface area contributed by atoms with Crippen LogP contribution in [0.25, 0.3) is 5.82 Å². The molecule has 3 aromatic rings. The van der Waals surface area contributed by atoms with E-state index in [1.165, 1.54) is 19.2 Å². The summed E-state index contributed by atoms with van der Waals surface area (Å²) in [6.45, 7) is 5.80. The van der Waals surface area contributed by atoms with E-state index >= 15 is 0 Å². The van der Waals surface area contributed by atoms with E-state index in [9.17, 15) is 4.79 Å². The van der Waals surface area contributed by atoms with Gasteiger partial charge in [0.1, 0.15) is 18.0 Å². The second kappa shape index (κ2) is 9.51. The lowest BCUT2D eigenvalue weighted by Crippen LogP contribution is -2.38. The number of amides is 1. The van der Waals surface area contributed by atoms with Crippen LogP contribution in [-0.2, 0) is 4.79 Å². The van der Waals surface area contributed by atoms with Gasteiger partial charge in [-0.1, -0.05) is 6.92 Å². The Kier molecular flexibility index (Phi) is 6.14. The fourth-order valence-corrected chi connectivity index (χ4v) is 4.44. The minimum Gasteiger partial charge on any atom is -0.356 e. The van der Waals surface area contributed by atoms with Gasteiger partial charge in [-0.15, -0.1) is 10.2 Å². The lowest BCUT2D eigenvalue weighted by atomic mass is 9.96. The normalized spacial score (nSPS) is 17.8. The van der Waals surface area contributed by atoms with Crippen molar-refractivity contribution in [3.05, 3.63) is 43.0 Å². The monoisotopic (exact) mass is 447 g/mol. The molecule has 0 aliphatic carbocycles. The number of nitrogens with zero attached hydrogens (tertiary/aromatic N) is 8. The number of aromatic nitrogens is 6. The number of anilines is 3. The largest absolute Gasteiger partial charge is 0.356 e. The van der Waals surface area contributed by atoms with Crippen LogP contribution in [0.3, 0.4) is 0 Å². The van der Waals surface area contributed by atoms with Gasteiger partial charge in [0.2, 0.25) is 5.91 Å². The van der Waals surface area contributed by atoms with Crippen LogP contribution in [-0.4, -0.2) is 62.0 Å². The van der Waals surface area contributed by atoms with Gasteiger partial charge in [0.15, 0.2) is 11.6 Å². The molecule has 0 unspecified atom stereocenters. The molecule has 5 heterocycles. The molecule has 0 saturated carbocycles. The molecule has 5 rings (SSSR count). The van der Waals surface area contributed by atoms with E-state index in [1.807, 2.05) is 30.5 Å². The summed E-state index contributed by atoms with van der Waals surface area (Å²) in [6.07, 6.45) is 8.94. The van der Waals surface area contributed by atoms with E-state index in [4.69, 9.17) is 0 Å². The molecule has 1 amide bonds. The van der Waals surface area contributed by atoms with Crippen LogP contribution >= 0.6 is 0 Å². The van der Waals surface area contributed by atoms with Gasteiger partial charge in [-0.25, -0.2) is 14.6 Å². The van der Waals surface area contributed by atoms with Gasteiger partial charge >= 0.3 is 0 Å². The highest BCUT2D eigenvalue weighted by Crippen LogP contribution is 2.25. The Labute approximate surface area is 193 Å². The zero-order chi connectivity index (χ0) is 22.6. The number of nitrogens with one attached hydrogen (secondary N) is 1. The molecule has 1 N–H and O–H groups in total. The van der Waals surface area contributed by atoms with E-state index in [0.717, 1.165) is 56.6 Å². The van der Waals surface area contributed by atoms with Crippen molar-refractivity contribution in [3.8, 4) is 5.82 Å². The summed E-state index contributed by atoms with van der Waals surface area (Å²) in [6, 6.07) is 7.60. The topological polar surface area (TPSA) is 105 Å². The van der Waals surface area contributed by atoms with Crippen LogP contribution in [0.5, 0.6) is 0 Å². The minimum atomic E-state index is -0.0493. The highest BCUT2D eigenvalue weighted by molar-refractivity contribution is 5.92. The Hall–Kier alpha value is -3.56. The zero-order valence-corrected chi connectivity index (χ0v) is 18.8. The molecule has 10 nitrogen and oxygen atoms in total. The van der Waals surface area contributed by atoms with E-state index in [2.05, 4.69) is 47.3 Å². The maximum Gasteiger partial charge on any atom is 0.228 e. The molecule has 0 spiro atoms. The predicted molar refractivity (Wildman–Crippen MR) is 125 cm³/mol. The average molecular weight is 448 g/mol. The number of carbonyl (C=O) groups excluding carboxylic acids is 1. The smallest absolute Gasteiger partial charge is 0.228 e. The van der Waals surface area contributed by atoms with Gasteiger partial charge in [-0.2, -0.15) is 5.10 Å². The van der Waals surface area contributed by atoms with Crippen molar-refractivity contribution < 1.29 is 4.79 Å². The number of hydrogen-bond donors (Lipinski definition) is 1. The zero-order valence-electron chi connectivity index (χ0n) is 18.8. The molecule has 0 bridgehead atoms. The van der Waals surface area contributed by atoms with Crippen molar-refractivity contribution in [2.75, 3.05) is 41.3 Å². The second-order valence-electron chi connectivity index (χ2n) is 8.88. The minimum absolute atomic E-state index is 0.0201. The van der Waals surface area contributed by atoms with E-state index in [-0.39, 0.29) is 11.8 Å². The number of carbonyl (C=O) groups is 1. The second-order valence-corrected chi connectivity index (χ2v) is 8.88. The molecule has 3 aromatic heterocycles. The van der Waals surface area contributed by atoms with Gasteiger partial charge in [0.05, 0.1) is 0 Å². The molecule has 2 aliphatic heterocycles. The predicted octanol–water partition coefficient (Wildman–Crippen LogP) is 2.54. The fraction of sp³-hybridized carbons (Fsp3) is 0.478. The lowest BCUT2D eigenvalue weighted by molar-refractivity contribution is -0.120. The maximum absolute atomic E-state index is 12.9. The Morgan fingerprint density at radius 2 is 1.64 bits per heavy atom. The molecular formula is C23H29N9O. The first-order valence-corrected chi connectivity index (χ1v) is 11.6. The lowest BCUT2D eigenvalue weighted by Gasteiger charge is -2.32. The van der Waals surface area contributed by atoms with E-state index in [0.29, 0.717) is 11.6 Å². The first-order valence-electron chi connectivity index (χ1n) is 11.6. The summed E-state index contributed by atoms with van der Waals surface area (Å²) in [5, 5.41) is 15.8. The highest BCUT2D eigenvalue weighted by atomic mass is 16.2. The Morgan fingerprint density at radius 1 is 0.939 bits per heavy atom. The van der Waals surface area contributed by atoms with Crippen molar-refractivity contribution in [2.45, 2.75) is 32.6 Å². The molecule has 172 valence electrons. The third-order valence-electron chi connectivity index (χ3n) is 6.58. The third kappa shape index (κ3) is 4.94. The van der Waals surface area contributed by atoms with Gasteiger partial charge in [-0.05, 0) is 49.8 Å². The van der Waals surface area contributed by atoms with Crippen LogP contribution in [0.2, 0.25) is 0 Å². The third-order valence-corrected chi connectivity index (χ3v) is 6.58. The van der Waals surface area contributed by atoms with Crippen molar-refractivity contribution >= 4 is 23.4 Å². The molecule has 2 saturated heterocycles. The Bertz CT molecular complexity index is 1050. The van der Waals surface area contributed by atoms with Crippen LogP contribution < -0.4 is 15.1 Å². The van der Waals surface area contributed by atoms with Crippen molar-refractivity contribution in [1.29, 1.82) is 0 Å². The molecule has 2 aliphatic rings. The molecule has 0 radical (unpaired) electrons. The fourth-order valence-electron chi connectivity index (χ4n) is 4.44. The Morgan fingerprint density at radius 3 is 2.33 bits per heavy atom. The van der Waals surface area contributed by atoms with Crippen molar-refractivity contribution in [3.63, 3.8) is 0 Å². The Balaban J connectivity index is 1.15. The molecule has 2 fully saturated rings. The quantitative estimate of drug-likeness (QED) is 0.636. The molecule has 33 heavy (non-hydrogen) atoms. The van der Waals surface area contributed by atoms with Gasteiger partial charge in [-0.3, -0.25) is 4.79 Å². The van der Waals surface area contributed by atoms with Crippen LogP contribution in [0, 0.1) is 11.8 Å². The van der Waals surface area contributed by atoms with Gasteiger partial charge < -0.3 is 15.1 Å². The van der Waals surface area contributed by atoms with Crippen LogP contribution in [0.4, 0.5) is 17.5 Å². The molecular weight excluding hydrogens is 418 g/mol. The van der Waals surface area contributed by atoms with Gasteiger partial charge in [0.25, 0.3) is 0 Å². The SMILES string of the molecule is CC1CCN(c2cc(NC(=O)C3CCN(c4ccc(-n5cccn5)nn4)CC3)ncn2)CC1. The molecule has 10 heteroatoms. The maximum atomic E-state index is 12.9. The summed E-state index contributed by atoms with van der Waals surface area (Å²) in [5.74, 6) is 3.69. The van der Waals surface area contributed by atoms with Crippen LogP contribution in [0.15, 0.2) is 43.0 Å². The first-order chi connectivity index (χ1) is 16.2. The van der Waals surface area contributed by atoms with Gasteiger partial charge in [0, 0.05) is 50.6 Å². The summed E-state index contributed by atoms with van der Waals surface area (Å²) in [5.41, 5.74) is 0. The average Bonchev–Trinajstić information content (AvgIpc) is 3.40. The molecule has 0 aromatic carbocycles. The number of rotatable bonds is 5. The summed E-state index contributed by atoms with van der Waals surface area (Å²) >= 11 is 0. The van der Waals surface area contributed by atoms with Crippen LogP contribution in [0.1, 0.15) is 32.6 Å². The summed E-state index contributed by atoms with van der Waals surface area (Å²) < 4.78 is 1.68. The highest BCUT2D eigenvalue weighted by Gasteiger charge is 2.26. The van der Waals surface area contributed by atoms with E-state index < -0.39 is 0 Å². The summed E-state index contributed by atoms with van der Waals surface area (Å²) in [7, 11) is 0. The first kappa shape index (κ1) is 21.3. The number of piperidine rings is 2. The summed E-state index contributed by atoms with van der Waals surface area (Å²) in [4.78, 5) is 26.0. The standard InChI is InChI=1S/C23H29N9O/c1-17-5-11-31(12-6-17)22-15-19(24-16-25-22)27-23(33)18-7-13-30(14-8-18)20-3-4-21(29-28-20)32-10-2-9-26-32/h2-4,9-10,15-18H,5-8,11-14H2,1H3,(H,24,25,27,33). The molecule has 0 atom stereocenters. The van der Waals surface area contributed by atoms with Crippen molar-refractivity contribution in [1.82, 2.24) is 29.9 Å². The van der Waals surface area contributed by atoms with Crippen molar-refractivity contribution in [2.24, 2.45) is 11.8 Å². The van der Waals surface area contributed by atoms with E-state index in [1.54, 1.807) is 10.9 Å². The number of hydrogen-bond acceptors (Lipinski definition) is 8.